The van der Waals surface area contributed by atoms with E-state index in [4.69, 9.17) is 19.4 Å². The number of hydrogen-bond donors (Lipinski definition) is 1. The number of fused-ring (bicyclic) bond motifs is 1. The molecule has 0 aliphatic carbocycles. The Morgan fingerprint density at radius 1 is 1.28 bits per heavy atom. The third-order valence-electron chi connectivity index (χ3n) is 4.96. The highest BCUT2D eigenvalue weighted by Crippen LogP contribution is 2.40. The van der Waals surface area contributed by atoms with Gasteiger partial charge in [0.25, 0.3) is 0 Å². The van der Waals surface area contributed by atoms with E-state index in [0.717, 1.165) is 52.1 Å². The summed E-state index contributed by atoms with van der Waals surface area (Å²) in [5.41, 5.74) is -0.0333. The van der Waals surface area contributed by atoms with Crippen LogP contribution in [0.2, 0.25) is 0 Å². The van der Waals surface area contributed by atoms with Crippen LogP contribution in [0.4, 0.5) is 18.0 Å². The van der Waals surface area contributed by atoms with E-state index in [-0.39, 0.29) is 17.6 Å². The van der Waals surface area contributed by atoms with Gasteiger partial charge in [0.1, 0.15) is 0 Å². The van der Waals surface area contributed by atoms with Crippen molar-refractivity contribution in [3.05, 3.63) is 0 Å². The fraction of sp³-hybridized carbons (Fsp3) is 0.889. The summed E-state index contributed by atoms with van der Waals surface area (Å²) < 4.78 is 43.7. The van der Waals surface area contributed by atoms with Gasteiger partial charge < -0.3 is 29.3 Å². The molecule has 0 aromatic rings. The molecule has 2 aliphatic rings. The van der Waals surface area contributed by atoms with Gasteiger partial charge in [-0.25, -0.2) is 9.59 Å². The number of aliphatic carboxylic acids is 1. The lowest BCUT2D eigenvalue weighted by molar-refractivity contribution is -0.192. The molecule has 2 heterocycles. The van der Waals surface area contributed by atoms with E-state index in [9.17, 15) is 18.0 Å². The monoisotopic (exact) mass is 427 g/mol. The van der Waals surface area contributed by atoms with Crippen LogP contribution in [0.15, 0.2) is 0 Å². The van der Waals surface area contributed by atoms with Crippen molar-refractivity contribution in [2.24, 2.45) is 5.41 Å². The SMILES string of the molecule is CN(C)CCOCC12CCCOC1CCN(C(=O)N(C)C)C2.O=C(O)C(F)(F)F. The molecule has 2 amide bonds. The van der Waals surface area contributed by atoms with E-state index < -0.39 is 12.1 Å². The van der Waals surface area contributed by atoms with E-state index >= 15 is 0 Å². The number of likely N-dealkylation sites (tertiary alicyclic amines) is 1. The minimum atomic E-state index is -5.08. The number of amides is 2. The van der Waals surface area contributed by atoms with Crippen molar-refractivity contribution in [3.63, 3.8) is 0 Å². The average molecular weight is 427 g/mol. The van der Waals surface area contributed by atoms with Crippen LogP contribution in [0.1, 0.15) is 19.3 Å². The maximum Gasteiger partial charge on any atom is 0.490 e. The highest BCUT2D eigenvalue weighted by Gasteiger charge is 2.47. The van der Waals surface area contributed by atoms with Crippen LogP contribution < -0.4 is 0 Å². The molecule has 11 heteroatoms. The number of rotatable bonds is 5. The van der Waals surface area contributed by atoms with E-state index in [2.05, 4.69) is 4.90 Å². The molecule has 8 nitrogen and oxygen atoms in total. The zero-order chi connectivity index (χ0) is 22.2. The Labute approximate surface area is 169 Å². The summed E-state index contributed by atoms with van der Waals surface area (Å²) in [5, 5.41) is 7.12. The Bertz CT molecular complexity index is 545. The highest BCUT2D eigenvalue weighted by atomic mass is 19.4. The molecule has 0 saturated carbocycles. The van der Waals surface area contributed by atoms with Crippen LogP contribution in [-0.4, -0.2) is 112 Å². The molecule has 0 spiro atoms. The lowest BCUT2D eigenvalue weighted by atomic mass is 9.73. The summed E-state index contributed by atoms with van der Waals surface area (Å²) in [5.74, 6) is -2.76. The number of ether oxygens (including phenoxy) is 2. The van der Waals surface area contributed by atoms with Crippen molar-refractivity contribution in [2.45, 2.75) is 31.5 Å². The van der Waals surface area contributed by atoms with Gasteiger partial charge in [0.05, 0.1) is 19.3 Å². The minimum absolute atomic E-state index is 0.0333. The average Bonchev–Trinajstić information content (AvgIpc) is 2.63. The molecule has 29 heavy (non-hydrogen) atoms. The molecule has 1 N–H and O–H groups in total. The number of likely N-dealkylation sites (N-methyl/N-ethyl adjacent to an activating group) is 1. The van der Waals surface area contributed by atoms with Gasteiger partial charge in [-0.2, -0.15) is 13.2 Å². The van der Waals surface area contributed by atoms with Gasteiger partial charge in [-0.15, -0.1) is 0 Å². The third kappa shape index (κ3) is 7.98. The van der Waals surface area contributed by atoms with Crippen molar-refractivity contribution in [2.75, 3.05) is 67.6 Å². The Morgan fingerprint density at radius 2 is 1.90 bits per heavy atom. The summed E-state index contributed by atoms with van der Waals surface area (Å²) >= 11 is 0. The summed E-state index contributed by atoms with van der Waals surface area (Å²) in [6.45, 7) is 4.69. The zero-order valence-electron chi connectivity index (χ0n) is 17.5. The Kier molecular flexibility index (Phi) is 9.63. The molecule has 2 aliphatic heterocycles. The first kappa shape index (κ1) is 25.4. The van der Waals surface area contributed by atoms with E-state index in [1.54, 1.807) is 4.90 Å². The minimum Gasteiger partial charge on any atom is -0.475 e. The third-order valence-corrected chi connectivity index (χ3v) is 4.96. The molecule has 2 atom stereocenters. The van der Waals surface area contributed by atoms with Gasteiger partial charge in [-0.3, -0.25) is 0 Å². The maximum atomic E-state index is 12.3. The number of carboxylic acid groups (broad SMARTS) is 1. The first-order valence-corrected chi connectivity index (χ1v) is 9.49. The van der Waals surface area contributed by atoms with Crippen LogP contribution in [0.25, 0.3) is 0 Å². The van der Waals surface area contributed by atoms with Gasteiger partial charge in [-0.1, -0.05) is 0 Å². The lowest BCUT2D eigenvalue weighted by Crippen LogP contribution is -2.59. The van der Waals surface area contributed by atoms with E-state index in [1.165, 1.54) is 0 Å². The molecule has 2 unspecified atom stereocenters. The van der Waals surface area contributed by atoms with Crippen molar-refractivity contribution >= 4 is 12.0 Å². The number of nitrogens with zero attached hydrogens (tertiary/aromatic N) is 3. The van der Waals surface area contributed by atoms with Crippen molar-refractivity contribution in [1.82, 2.24) is 14.7 Å². The molecule has 0 aromatic carbocycles. The van der Waals surface area contributed by atoms with Crippen molar-refractivity contribution < 1.29 is 37.3 Å². The Balaban J connectivity index is 0.000000516. The Hall–Kier alpha value is -1.59. The molecular weight excluding hydrogens is 395 g/mol. The second-order valence-corrected chi connectivity index (χ2v) is 7.87. The number of carbonyl (C=O) groups is 2. The number of carboxylic acids is 1. The van der Waals surface area contributed by atoms with E-state index in [0.29, 0.717) is 6.61 Å². The summed E-state index contributed by atoms with van der Waals surface area (Å²) in [6, 6.07) is 0.0942. The molecule has 170 valence electrons. The quantitative estimate of drug-likeness (QED) is 0.674. The predicted molar refractivity (Wildman–Crippen MR) is 99.7 cm³/mol. The fourth-order valence-electron chi connectivity index (χ4n) is 3.47. The molecule has 0 aromatic heterocycles. The molecule has 0 bridgehead atoms. The van der Waals surface area contributed by atoms with E-state index in [1.807, 2.05) is 33.1 Å². The topological polar surface area (TPSA) is 82.6 Å². The van der Waals surface area contributed by atoms with Crippen LogP contribution >= 0.6 is 0 Å². The number of urea groups is 1. The van der Waals surface area contributed by atoms with Gasteiger partial charge in [0, 0.05) is 45.8 Å². The number of hydrogen-bond acceptors (Lipinski definition) is 5. The van der Waals surface area contributed by atoms with Gasteiger partial charge in [-0.05, 0) is 33.4 Å². The van der Waals surface area contributed by atoms with Gasteiger partial charge >= 0.3 is 18.2 Å². The van der Waals surface area contributed by atoms with Crippen LogP contribution in [-0.2, 0) is 14.3 Å². The number of alkyl halides is 3. The van der Waals surface area contributed by atoms with Crippen molar-refractivity contribution in [1.29, 1.82) is 0 Å². The van der Waals surface area contributed by atoms with Gasteiger partial charge in [0.15, 0.2) is 0 Å². The predicted octanol–water partition coefficient (Wildman–Crippen LogP) is 1.75. The maximum absolute atomic E-state index is 12.3. The molecular formula is C18H32F3N3O5. The van der Waals surface area contributed by atoms with Crippen molar-refractivity contribution in [3.8, 4) is 0 Å². The standard InChI is InChI=1S/C16H31N3O3.C2HF3O2/c1-17(2)9-11-21-13-16-7-5-10-22-14(16)6-8-19(12-16)15(20)18(3)4;3-2(4,5)1(6)7/h14H,5-13H2,1-4H3;(H,6,7). The van der Waals surface area contributed by atoms with Crippen LogP contribution in [0.5, 0.6) is 0 Å². The second-order valence-electron chi connectivity index (χ2n) is 7.87. The normalized spacial score (nSPS) is 24.4. The number of piperidine rings is 1. The highest BCUT2D eigenvalue weighted by molar-refractivity contribution is 5.74. The second kappa shape index (κ2) is 11.0. The molecule has 0 radical (unpaired) electrons. The molecule has 2 rings (SSSR count). The lowest BCUT2D eigenvalue weighted by Gasteiger charge is -2.50. The summed E-state index contributed by atoms with van der Waals surface area (Å²) in [4.78, 5) is 26.9. The van der Waals surface area contributed by atoms with Crippen LogP contribution in [0, 0.1) is 5.41 Å². The van der Waals surface area contributed by atoms with Gasteiger partial charge in [0.2, 0.25) is 0 Å². The number of carbonyl (C=O) groups excluding carboxylic acids is 1. The summed E-state index contributed by atoms with van der Waals surface area (Å²) in [7, 11) is 7.72. The Morgan fingerprint density at radius 3 is 2.41 bits per heavy atom. The van der Waals surface area contributed by atoms with Crippen LogP contribution in [0.3, 0.4) is 0 Å². The zero-order valence-corrected chi connectivity index (χ0v) is 17.5. The smallest absolute Gasteiger partial charge is 0.475 e. The largest absolute Gasteiger partial charge is 0.490 e. The first-order chi connectivity index (χ1) is 13.4. The fourth-order valence-corrected chi connectivity index (χ4v) is 3.47. The first-order valence-electron chi connectivity index (χ1n) is 9.49. The molecule has 2 saturated heterocycles. The summed E-state index contributed by atoms with van der Waals surface area (Å²) in [6.07, 6.45) is -1.81. The number of halogens is 3. The molecule has 2 fully saturated rings.